The summed E-state index contributed by atoms with van der Waals surface area (Å²) in [5.41, 5.74) is 3.96. The summed E-state index contributed by atoms with van der Waals surface area (Å²) in [6.07, 6.45) is 1.59. The zero-order valence-electron chi connectivity index (χ0n) is 17.4. The van der Waals surface area contributed by atoms with Gasteiger partial charge in [0.1, 0.15) is 5.75 Å². The normalized spacial score (nSPS) is 20.7. The summed E-state index contributed by atoms with van der Waals surface area (Å²) in [6.45, 7) is 7.08. The molecule has 2 saturated heterocycles. The minimum absolute atomic E-state index is 0.0402. The van der Waals surface area contributed by atoms with Crippen LogP contribution >= 0.6 is 0 Å². The van der Waals surface area contributed by atoms with Crippen LogP contribution in [0.3, 0.4) is 0 Å². The molecule has 156 valence electrons. The molecule has 0 spiro atoms. The average molecular weight is 399 g/mol. The minimum Gasteiger partial charge on any atom is -0.497 e. The van der Waals surface area contributed by atoms with Gasteiger partial charge in [0.05, 0.1) is 37.7 Å². The standard InChI is InChI=1S/C22H29N3O4/c1-15-21(16(2)25(23-15)18-5-4-6-19(13-18)27-3)20-14-29-12-9-24(20)22(26)17-7-10-28-11-8-17/h4-6,13,17,20H,7-12,14H2,1-3H3/t20-/m0/s1. The highest BCUT2D eigenvalue weighted by Gasteiger charge is 2.36. The molecular formula is C22H29N3O4. The van der Waals surface area contributed by atoms with Crippen LogP contribution in [0.5, 0.6) is 5.75 Å². The summed E-state index contributed by atoms with van der Waals surface area (Å²) in [5, 5.41) is 4.78. The molecule has 0 bridgehead atoms. The molecule has 2 aliphatic rings. The fraction of sp³-hybridized carbons (Fsp3) is 0.545. The molecule has 2 aliphatic heterocycles. The Morgan fingerprint density at radius 3 is 2.72 bits per heavy atom. The molecule has 0 radical (unpaired) electrons. The molecule has 2 aromatic rings. The first-order valence-electron chi connectivity index (χ1n) is 10.3. The number of hydrogen-bond donors (Lipinski definition) is 0. The Labute approximate surface area is 171 Å². The number of benzene rings is 1. The number of amides is 1. The molecule has 0 unspecified atom stereocenters. The molecule has 4 rings (SSSR count). The summed E-state index contributed by atoms with van der Waals surface area (Å²) in [4.78, 5) is 15.3. The van der Waals surface area contributed by atoms with Crippen LogP contribution in [0.4, 0.5) is 0 Å². The number of nitrogens with zero attached hydrogens (tertiary/aromatic N) is 3. The monoisotopic (exact) mass is 399 g/mol. The molecule has 7 heteroatoms. The van der Waals surface area contributed by atoms with Crippen LogP contribution in [0, 0.1) is 19.8 Å². The molecule has 0 N–H and O–H groups in total. The van der Waals surface area contributed by atoms with E-state index in [9.17, 15) is 4.79 Å². The van der Waals surface area contributed by atoms with Gasteiger partial charge in [-0.05, 0) is 38.8 Å². The van der Waals surface area contributed by atoms with Gasteiger partial charge in [-0.3, -0.25) is 4.79 Å². The van der Waals surface area contributed by atoms with Crippen LogP contribution in [-0.2, 0) is 14.3 Å². The van der Waals surface area contributed by atoms with Crippen molar-refractivity contribution >= 4 is 5.91 Å². The number of ether oxygens (including phenoxy) is 3. The van der Waals surface area contributed by atoms with Crippen molar-refractivity contribution in [3.8, 4) is 11.4 Å². The number of aryl methyl sites for hydroxylation is 1. The number of methoxy groups -OCH3 is 1. The number of aromatic nitrogens is 2. The van der Waals surface area contributed by atoms with Gasteiger partial charge in [0.2, 0.25) is 5.91 Å². The molecule has 7 nitrogen and oxygen atoms in total. The summed E-state index contributed by atoms with van der Waals surface area (Å²) in [7, 11) is 1.66. The fourth-order valence-electron chi connectivity index (χ4n) is 4.42. The largest absolute Gasteiger partial charge is 0.497 e. The Hall–Kier alpha value is -2.38. The third kappa shape index (κ3) is 3.89. The van der Waals surface area contributed by atoms with Crippen LogP contribution in [0.25, 0.3) is 5.69 Å². The van der Waals surface area contributed by atoms with Crippen LogP contribution in [0.15, 0.2) is 24.3 Å². The van der Waals surface area contributed by atoms with Gasteiger partial charge in [0, 0.05) is 43.0 Å². The van der Waals surface area contributed by atoms with E-state index >= 15 is 0 Å². The van der Waals surface area contributed by atoms with E-state index in [4.69, 9.17) is 19.3 Å². The molecule has 1 atom stereocenters. The first kappa shape index (κ1) is 19.9. The van der Waals surface area contributed by atoms with Crippen molar-refractivity contribution in [2.24, 2.45) is 5.92 Å². The average Bonchev–Trinajstić information content (AvgIpc) is 3.07. The maximum atomic E-state index is 13.3. The fourth-order valence-corrected chi connectivity index (χ4v) is 4.42. The highest BCUT2D eigenvalue weighted by Crippen LogP contribution is 2.33. The van der Waals surface area contributed by atoms with Gasteiger partial charge in [0.15, 0.2) is 0 Å². The third-order valence-corrected chi connectivity index (χ3v) is 5.96. The van der Waals surface area contributed by atoms with E-state index in [-0.39, 0.29) is 17.9 Å². The van der Waals surface area contributed by atoms with Gasteiger partial charge < -0.3 is 19.1 Å². The molecule has 3 heterocycles. The topological polar surface area (TPSA) is 65.8 Å². The predicted molar refractivity (Wildman–Crippen MR) is 108 cm³/mol. The molecule has 2 fully saturated rings. The second kappa shape index (κ2) is 8.55. The van der Waals surface area contributed by atoms with Crippen molar-refractivity contribution in [2.75, 3.05) is 40.1 Å². The molecule has 0 saturated carbocycles. The Bertz CT molecular complexity index is 873. The lowest BCUT2D eigenvalue weighted by Gasteiger charge is -2.38. The van der Waals surface area contributed by atoms with E-state index in [0.717, 1.165) is 41.2 Å². The van der Waals surface area contributed by atoms with Gasteiger partial charge in [-0.25, -0.2) is 4.68 Å². The van der Waals surface area contributed by atoms with Crippen LogP contribution in [0.1, 0.15) is 35.8 Å². The highest BCUT2D eigenvalue weighted by atomic mass is 16.5. The van der Waals surface area contributed by atoms with Gasteiger partial charge >= 0.3 is 0 Å². The quantitative estimate of drug-likeness (QED) is 0.791. The highest BCUT2D eigenvalue weighted by molar-refractivity contribution is 5.79. The Morgan fingerprint density at radius 2 is 1.97 bits per heavy atom. The maximum Gasteiger partial charge on any atom is 0.226 e. The lowest BCUT2D eigenvalue weighted by atomic mass is 9.95. The number of rotatable bonds is 4. The molecule has 0 aliphatic carbocycles. The second-order valence-electron chi connectivity index (χ2n) is 7.71. The second-order valence-corrected chi connectivity index (χ2v) is 7.71. The van der Waals surface area contributed by atoms with Crippen LogP contribution in [0.2, 0.25) is 0 Å². The number of morpholine rings is 1. The zero-order valence-corrected chi connectivity index (χ0v) is 17.4. The van der Waals surface area contributed by atoms with Gasteiger partial charge in [-0.15, -0.1) is 0 Å². The van der Waals surface area contributed by atoms with E-state index in [0.29, 0.717) is 33.0 Å². The van der Waals surface area contributed by atoms with Crippen molar-refractivity contribution in [2.45, 2.75) is 32.7 Å². The lowest BCUT2D eigenvalue weighted by Crippen LogP contribution is -2.47. The van der Waals surface area contributed by atoms with Crippen molar-refractivity contribution in [3.05, 3.63) is 41.2 Å². The number of hydrogen-bond acceptors (Lipinski definition) is 5. The molecule has 1 aromatic heterocycles. The van der Waals surface area contributed by atoms with Crippen molar-refractivity contribution in [1.29, 1.82) is 0 Å². The van der Waals surface area contributed by atoms with Gasteiger partial charge in [0.25, 0.3) is 0 Å². The Morgan fingerprint density at radius 1 is 1.17 bits per heavy atom. The Balaban J connectivity index is 1.66. The lowest BCUT2D eigenvalue weighted by molar-refractivity contribution is -0.147. The molecule has 29 heavy (non-hydrogen) atoms. The predicted octanol–water partition coefficient (Wildman–Crippen LogP) is 2.82. The molecule has 1 amide bonds. The zero-order chi connectivity index (χ0) is 20.4. The summed E-state index contributed by atoms with van der Waals surface area (Å²) in [5.74, 6) is 1.04. The molecular weight excluding hydrogens is 370 g/mol. The minimum atomic E-state index is -0.113. The smallest absolute Gasteiger partial charge is 0.226 e. The third-order valence-electron chi connectivity index (χ3n) is 5.96. The van der Waals surface area contributed by atoms with Gasteiger partial charge in [-0.1, -0.05) is 6.07 Å². The van der Waals surface area contributed by atoms with E-state index < -0.39 is 0 Å². The van der Waals surface area contributed by atoms with E-state index in [1.807, 2.05) is 40.8 Å². The SMILES string of the molecule is COc1cccc(-n2nc(C)c([C@@H]3COCCN3C(=O)C3CCOCC3)c2C)c1. The maximum absolute atomic E-state index is 13.3. The summed E-state index contributed by atoms with van der Waals surface area (Å²) < 4.78 is 18.5. The molecule has 1 aromatic carbocycles. The van der Waals surface area contributed by atoms with E-state index in [1.54, 1.807) is 7.11 Å². The Kier molecular flexibility index (Phi) is 5.87. The van der Waals surface area contributed by atoms with E-state index in [2.05, 4.69) is 6.92 Å². The summed E-state index contributed by atoms with van der Waals surface area (Å²) >= 11 is 0. The first-order chi connectivity index (χ1) is 14.1. The van der Waals surface area contributed by atoms with Crippen LogP contribution in [-0.4, -0.2) is 60.7 Å². The first-order valence-corrected chi connectivity index (χ1v) is 10.3. The van der Waals surface area contributed by atoms with Crippen molar-refractivity contribution < 1.29 is 19.0 Å². The number of carbonyl (C=O) groups is 1. The van der Waals surface area contributed by atoms with Crippen molar-refractivity contribution in [1.82, 2.24) is 14.7 Å². The van der Waals surface area contributed by atoms with Crippen LogP contribution < -0.4 is 4.74 Å². The summed E-state index contributed by atoms with van der Waals surface area (Å²) in [6, 6.07) is 7.73. The van der Waals surface area contributed by atoms with Gasteiger partial charge in [-0.2, -0.15) is 5.10 Å². The van der Waals surface area contributed by atoms with E-state index in [1.165, 1.54) is 0 Å². The van der Waals surface area contributed by atoms with Crippen molar-refractivity contribution in [3.63, 3.8) is 0 Å². The number of carbonyl (C=O) groups excluding carboxylic acids is 1.